The minimum absolute atomic E-state index is 0.140. The molecule has 36 heavy (non-hydrogen) atoms. The molecular weight excluding hydrogens is 519 g/mol. The zero-order valence-corrected chi connectivity index (χ0v) is 20.5. The second kappa shape index (κ2) is 11.2. The Morgan fingerprint density at radius 1 is 1.00 bits per heavy atom. The third-order valence-corrected chi connectivity index (χ3v) is 7.56. The van der Waals surface area contributed by atoms with Crippen molar-refractivity contribution in [2.24, 2.45) is 0 Å². The molecule has 3 nitrogen and oxygen atoms in total. The van der Waals surface area contributed by atoms with Crippen molar-refractivity contribution in [2.75, 3.05) is 13.1 Å². The van der Waals surface area contributed by atoms with Gasteiger partial charge in [0.05, 0.1) is 22.7 Å². The third kappa shape index (κ3) is 6.19. The van der Waals surface area contributed by atoms with Crippen molar-refractivity contribution in [1.29, 1.82) is 0 Å². The summed E-state index contributed by atoms with van der Waals surface area (Å²) in [4.78, 5) is 13.4. The molecule has 0 aromatic heterocycles. The molecule has 0 saturated heterocycles. The van der Waals surface area contributed by atoms with E-state index in [2.05, 4.69) is 5.32 Å². The molecule has 0 unspecified atom stereocenters. The number of hydrogen-bond acceptors (Lipinski definition) is 3. The van der Waals surface area contributed by atoms with E-state index >= 15 is 0 Å². The topological polar surface area (TPSA) is 32.3 Å². The van der Waals surface area contributed by atoms with Crippen molar-refractivity contribution in [1.82, 2.24) is 10.4 Å². The molecule has 0 fully saturated rings. The molecule has 1 N–H and O–H groups in total. The highest BCUT2D eigenvalue weighted by atomic mass is 35.5. The quantitative estimate of drug-likeness (QED) is 0.207. The minimum atomic E-state index is -4.52. The smallest absolute Gasteiger partial charge is 0.316 e. The molecule has 4 rings (SSSR count). The molecular formula is C26H22ClF5N2OS. The van der Waals surface area contributed by atoms with E-state index in [-0.39, 0.29) is 10.7 Å². The van der Waals surface area contributed by atoms with Crippen LogP contribution in [-0.4, -0.2) is 24.1 Å². The fraction of sp³-hybridized carbons (Fsp3) is 0.269. The van der Waals surface area contributed by atoms with Gasteiger partial charge in [-0.1, -0.05) is 40.3 Å². The van der Waals surface area contributed by atoms with Crippen LogP contribution in [0.15, 0.2) is 59.5 Å². The summed E-state index contributed by atoms with van der Waals surface area (Å²) in [6.07, 6.45) is -2.78. The van der Waals surface area contributed by atoms with Gasteiger partial charge in [0.15, 0.2) is 0 Å². The molecule has 3 aromatic rings. The van der Waals surface area contributed by atoms with Gasteiger partial charge < -0.3 is 5.32 Å². The molecule has 190 valence electrons. The van der Waals surface area contributed by atoms with E-state index in [0.717, 1.165) is 55.1 Å². The lowest BCUT2D eigenvalue weighted by Crippen LogP contribution is -2.23. The number of carbonyl (C=O) groups excluding carboxylic acids is 1. The van der Waals surface area contributed by atoms with Crippen LogP contribution in [0.2, 0.25) is 5.02 Å². The zero-order chi connectivity index (χ0) is 25.9. The van der Waals surface area contributed by atoms with Crippen molar-refractivity contribution >= 4 is 29.3 Å². The van der Waals surface area contributed by atoms with E-state index in [1.54, 1.807) is 6.07 Å². The highest BCUT2D eigenvalue weighted by molar-refractivity contribution is 7.98. The van der Waals surface area contributed by atoms with Gasteiger partial charge in [-0.25, -0.2) is 4.39 Å². The molecule has 0 atom stereocenters. The molecule has 1 aliphatic heterocycles. The molecule has 1 heterocycles. The van der Waals surface area contributed by atoms with Gasteiger partial charge in [-0.3, -0.25) is 4.79 Å². The fourth-order valence-electron chi connectivity index (χ4n) is 4.01. The van der Waals surface area contributed by atoms with Crippen molar-refractivity contribution in [3.8, 4) is 0 Å². The number of thioether (sulfide) groups is 1. The van der Waals surface area contributed by atoms with Gasteiger partial charge in [-0.05, 0) is 78.5 Å². The predicted octanol–water partition coefficient (Wildman–Crippen LogP) is 7.01. The van der Waals surface area contributed by atoms with Crippen molar-refractivity contribution in [3.05, 3.63) is 98.8 Å². The van der Waals surface area contributed by atoms with E-state index in [0.29, 0.717) is 16.3 Å². The first-order valence-electron chi connectivity index (χ1n) is 11.2. The molecule has 0 aliphatic carbocycles. The van der Waals surface area contributed by atoms with E-state index in [4.69, 9.17) is 11.6 Å². The van der Waals surface area contributed by atoms with Gasteiger partial charge in [-0.2, -0.15) is 18.3 Å². The van der Waals surface area contributed by atoms with Crippen LogP contribution in [0.5, 0.6) is 0 Å². The standard InChI is InChI=1S/C26H22ClF5N2OS/c27-22-8-4-18-9-11-33-12-10-20(18)24(22)36-15-17-3-7-21(23(28)13-17)25(35)34(32)14-16-1-5-19(6-2-16)26(29,30)31/h1-8,13,33H,9-12,14-15H2. The van der Waals surface area contributed by atoms with Crippen LogP contribution in [0.4, 0.5) is 22.0 Å². The average molecular weight is 541 g/mol. The Hall–Kier alpha value is -2.62. The fourth-order valence-corrected chi connectivity index (χ4v) is 5.45. The lowest BCUT2D eigenvalue weighted by molar-refractivity contribution is -0.137. The summed E-state index contributed by atoms with van der Waals surface area (Å²) in [5, 5.41) is 3.77. The number of nitrogens with one attached hydrogen (secondary N) is 1. The molecule has 0 saturated carbocycles. The van der Waals surface area contributed by atoms with Crippen LogP contribution in [0.25, 0.3) is 0 Å². The van der Waals surface area contributed by atoms with Gasteiger partial charge in [0.25, 0.3) is 5.91 Å². The first-order chi connectivity index (χ1) is 17.1. The Morgan fingerprint density at radius 2 is 1.69 bits per heavy atom. The Balaban J connectivity index is 1.42. The molecule has 0 radical (unpaired) electrons. The van der Waals surface area contributed by atoms with E-state index in [1.165, 1.54) is 35.0 Å². The lowest BCUT2D eigenvalue weighted by Gasteiger charge is -2.15. The largest absolute Gasteiger partial charge is 0.416 e. The molecule has 1 amide bonds. The molecule has 1 aliphatic rings. The first-order valence-corrected chi connectivity index (χ1v) is 12.6. The van der Waals surface area contributed by atoms with E-state index < -0.39 is 35.6 Å². The summed E-state index contributed by atoms with van der Waals surface area (Å²) in [6.45, 7) is 1.13. The van der Waals surface area contributed by atoms with Crippen LogP contribution in [0, 0.1) is 5.82 Å². The maximum absolute atomic E-state index is 14.7. The third-order valence-electron chi connectivity index (χ3n) is 5.90. The summed E-state index contributed by atoms with van der Waals surface area (Å²) in [5.74, 6) is -1.69. The summed E-state index contributed by atoms with van der Waals surface area (Å²) in [5.41, 5.74) is 1.81. The number of carbonyl (C=O) groups is 1. The highest BCUT2D eigenvalue weighted by Gasteiger charge is 2.30. The van der Waals surface area contributed by atoms with Crippen LogP contribution in [0.3, 0.4) is 0 Å². The van der Waals surface area contributed by atoms with Crippen LogP contribution in [-0.2, 0) is 31.3 Å². The summed E-state index contributed by atoms with van der Waals surface area (Å²) in [7, 11) is 0. The van der Waals surface area contributed by atoms with E-state index in [1.807, 2.05) is 12.1 Å². The Labute approximate surface area is 214 Å². The number of nitrogens with zero attached hydrogens (tertiary/aromatic N) is 1. The maximum Gasteiger partial charge on any atom is 0.416 e. The van der Waals surface area contributed by atoms with Gasteiger partial charge in [0.2, 0.25) is 0 Å². The number of rotatable bonds is 6. The molecule has 0 bridgehead atoms. The maximum atomic E-state index is 14.7. The summed E-state index contributed by atoms with van der Waals surface area (Å²) in [6, 6.07) is 11.6. The zero-order valence-electron chi connectivity index (χ0n) is 19.0. The Kier molecular flexibility index (Phi) is 8.22. The van der Waals surface area contributed by atoms with Crippen molar-refractivity contribution in [3.63, 3.8) is 0 Å². The second-order valence-electron chi connectivity index (χ2n) is 8.39. The van der Waals surface area contributed by atoms with Crippen molar-refractivity contribution in [2.45, 2.75) is 36.2 Å². The highest BCUT2D eigenvalue weighted by Crippen LogP contribution is 2.36. The molecule has 0 spiro atoms. The number of alkyl halides is 3. The second-order valence-corrected chi connectivity index (χ2v) is 9.78. The normalized spacial score (nSPS) is 13.7. The minimum Gasteiger partial charge on any atom is -0.316 e. The Bertz CT molecular complexity index is 1250. The van der Waals surface area contributed by atoms with Gasteiger partial charge >= 0.3 is 6.18 Å². The first kappa shape index (κ1) is 26.4. The van der Waals surface area contributed by atoms with Crippen LogP contribution in [0.1, 0.15) is 38.2 Å². The van der Waals surface area contributed by atoms with Crippen LogP contribution < -0.4 is 5.32 Å². The summed E-state index contributed by atoms with van der Waals surface area (Å²) < 4.78 is 67.2. The number of hydrogen-bond donors (Lipinski definition) is 1. The molecule has 10 heteroatoms. The van der Waals surface area contributed by atoms with Gasteiger partial charge in [0, 0.05) is 10.6 Å². The van der Waals surface area contributed by atoms with Gasteiger partial charge in [-0.15, -0.1) is 11.8 Å². The SMILES string of the molecule is O=C(c1ccc(CSc2c(Cl)ccc3c2CCNCC3)cc1F)N(F)Cc1ccc(C(F)(F)F)cc1. The number of amides is 1. The predicted molar refractivity (Wildman–Crippen MR) is 130 cm³/mol. The monoisotopic (exact) mass is 540 g/mol. The molecule has 3 aromatic carbocycles. The Morgan fingerprint density at radius 3 is 2.39 bits per heavy atom. The lowest BCUT2D eigenvalue weighted by atomic mass is 10.0. The average Bonchev–Trinajstić information content (AvgIpc) is 3.08. The van der Waals surface area contributed by atoms with Crippen LogP contribution >= 0.6 is 23.4 Å². The number of benzene rings is 3. The number of fused-ring (bicyclic) bond motifs is 1. The van der Waals surface area contributed by atoms with E-state index in [9.17, 15) is 26.8 Å². The summed E-state index contributed by atoms with van der Waals surface area (Å²) >= 11 is 7.93. The van der Waals surface area contributed by atoms with Crippen molar-refractivity contribution < 1.29 is 26.8 Å². The number of halogens is 6. The van der Waals surface area contributed by atoms with Gasteiger partial charge in [0.1, 0.15) is 5.82 Å².